The van der Waals surface area contributed by atoms with Crippen LogP contribution in [0.3, 0.4) is 0 Å². The highest BCUT2D eigenvalue weighted by Crippen LogP contribution is 2.17. The van der Waals surface area contributed by atoms with Crippen LogP contribution in [0, 0.1) is 0 Å². The number of rotatable bonds is 4. The van der Waals surface area contributed by atoms with E-state index in [4.69, 9.17) is 0 Å². The summed E-state index contributed by atoms with van der Waals surface area (Å²) in [6, 6.07) is 12.3. The lowest BCUT2D eigenvalue weighted by Crippen LogP contribution is -2.14. The summed E-state index contributed by atoms with van der Waals surface area (Å²) >= 11 is 0. The fourth-order valence-electron chi connectivity index (χ4n) is 1.69. The van der Waals surface area contributed by atoms with Gasteiger partial charge in [-0.15, -0.1) is 0 Å². The van der Waals surface area contributed by atoms with E-state index in [1.807, 2.05) is 43.3 Å². The first-order valence-corrected chi connectivity index (χ1v) is 5.98. The summed E-state index contributed by atoms with van der Waals surface area (Å²) in [6.45, 7) is 2.10. The summed E-state index contributed by atoms with van der Waals surface area (Å²) in [5, 5.41) is 3.30. The lowest BCUT2D eigenvalue weighted by Gasteiger charge is -2.16. The van der Waals surface area contributed by atoms with Crippen molar-refractivity contribution < 1.29 is 0 Å². The van der Waals surface area contributed by atoms with E-state index in [2.05, 4.69) is 34.3 Å². The van der Waals surface area contributed by atoms with Crippen molar-refractivity contribution in [1.82, 2.24) is 9.97 Å². The molecule has 0 saturated heterocycles. The summed E-state index contributed by atoms with van der Waals surface area (Å²) in [5.74, 6) is 1.55. The van der Waals surface area contributed by atoms with Crippen LogP contribution in [0.1, 0.15) is 18.5 Å². The molecule has 0 fully saturated rings. The Kier molecular flexibility index (Phi) is 3.77. The van der Waals surface area contributed by atoms with E-state index in [1.165, 1.54) is 5.56 Å². The summed E-state index contributed by atoms with van der Waals surface area (Å²) in [5.41, 5.74) is 1.22. The Hall–Kier alpha value is -2.10. The Labute approximate surface area is 108 Å². The molecule has 0 aliphatic carbocycles. The van der Waals surface area contributed by atoms with E-state index in [-0.39, 0.29) is 6.04 Å². The van der Waals surface area contributed by atoms with Crippen molar-refractivity contribution in [1.29, 1.82) is 0 Å². The van der Waals surface area contributed by atoms with Crippen molar-refractivity contribution in [2.75, 3.05) is 24.3 Å². The zero-order chi connectivity index (χ0) is 13.0. The molecule has 2 rings (SSSR count). The Bertz CT molecular complexity index is 496. The molecular formula is C14H18N4. The lowest BCUT2D eigenvalue weighted by molar-refractivity contribution is 0.858. The smallest absolute Gasteiger partial charge is 0.225 e. The van der Waals surface area contributed by atoms with Crippen molar-refractivity contribution in [2.24, 2.45) is 0 Å². The van der Waals surface area contributed by atoms with Gasteiger partial charge in [0.25, 0.3) is 0 Å². The minimum absolute atomic E-state index is 0.184. The van der Waals surface area contributed by atoms with Gasteiger partial charge in [-0.25, -0.2) is 4.98 Å². The molecule has 0 spiro atoms. The summed E-state index contributed by atoms with van der Waals surface area (Å²) in [4.78, 5) is 10.6. The van der Waals surface area contributed by atoms with Crippen molar-refractivity contribution in [2.45, 2.75) is 13.0 Å². The highest BCUT2D eigenvalue weighted by atomic mass is 15.2. The third-order valence-corrected chi connectivity index (χ3v) is 2.74. The van der Waals surface area contributed by atoms with Crippen molar-refractivity contribution >= 4 is 11.8 Å². The van der Waals surface area contributed by atoms with Crippen LogP contribution in [0.25, 0.3) is 0 Å². The second-order valence-corrected chi connectivity index (χ2v) is 4.41. The van der Waals surface area contributed by atoms with Crippen molar-refractivity contribution in [3.8, 4) is 0 Å². The molecule has 0 saturated carbocycles. The first-order valence-electron chi connectivity index (χ1n) is 5.98. The van der Waals surface area contributed by atoms with Gasteiger partial charge in [0, 0.05) is 20.3 Å². The topological polar surface area (TPSA) is 41.1 Å². The van der Waals surface area contributed by atoms with E-state index in [9.17, 15) is 0 Å². The normalized spacial score (nSPS) is 11.9. The van der Waals surface area contributed by atoms with Crippen molar-refractivity contribution in [3.63, 3.8) is 0 Å². The second-order valence-electron chi connectivity index (χ2n) is 4.41. The molecule has 18 heavy (non-hydrogen) atoms. The average molecular weight is 242 g/mol. The SMILES string of the molecule is CC(Nc1nccc(N(C)C)n1)c1ccccc1. The highest BCUT2D eigenvalue weighted by molar-refractivity contribution is 5.42. The minimum atomic E-state index is 0.184. The maximum atomic E-state index is 4.44. The van der Waals surface area contributed by atoms with Crippen LogP contribution >= 0.6 is 0 Å². The largest absolute Gasteiger partial charge is 0.363 e. The molecule has 4 heteroatoms. The molecule has 2 aromatic rings. The number of hydrogen-bond acceptors (Lipinski definition) is 4. The van der Waals surface area contributed by atoms with Gasteiger partial charge in [-0.1, -0.05) is 30.3 Å². The van der Waals surface area contributed by atoms with Crippen LogP contribution in [0.4, 0.5) is 11.8 Å². The molecule has 0 bridgehead atoms. The van der Waals surface area contributed by atoms with Crippen LogP contribution in [0.2, 0.25) is 0 Å². The molecule has 1 N–H and O–H groups in total. The number of aromatic nitrogens is 2. The van der Waals surface area contributed by atoms with Crippen LogP contribution in [0.15, 0.2) is 42.6 Å². The number of anilines is 2. The molecule has 1 heterocycles. The molecule has 1 unspecified atom stereocenters. The summed E-state index contributed by atoms with van der Waals surface area (Å²) in [7, 11) is 3.93. The van der Waals surface area contributed by atoms with Crippen LogP contribution in [-0.2, 0) is 0 Å². The first-order chi connectivity index (χ1) is 8.66. The fraction of sp³-hybridized carbons (Fsp3) is 0.286. The lowest BCUT2D eigenvalue weighted by atomic mass is 10.1. The average Bonchev–Trinajstić information content (AvgIpc) is 2.40. The third kappa shape index (κ3) is 2.97. The maximum absolute atomic E-state index is 4.44. The van der Waals surface area contributed by atoms with Crippen molar-refractivity contribution in [3.05, 3.63) is 48.2 Å². The predicted molar refractivity (Wildman–Crippen MR) is 74.8 cm³/mol. The number of nitrogens with one attached hydrogen (secondary N) is 1. The van der Waals surface area contributed by atoms with Gasteiger partial charge in [0.05, 0.1) is 6.04 Å². The van der Waals surface area contributed by atoms with Gasteiger partial charge >= 0.3 is 0 Å². The highest BCUT2D eigenvalue weighted by Gasteiger charge is 2.07. The molecular weight excluding hydrogens is 224 g/mol. The van der Waals surface area contributed by atoms with Crippen LogP contribution in [0.5, 0.6) is 0 Å². The third-order valence-electron chi connectivity index (χ3n) is 2.74. The number of benzene rings is 1. The Morgan fingerprint density at radius 1 is 1.11 bits per heavy atom. The van der Waals surface area contributed by atoms with Crippen LogP contribution in [-0.4, -0.2) is 24.1 Å². The van der Waals surface area contributed by atoms with Crippen LogP contribution < -0.4 is 10.2 Å². The molecule has 0 amide bonds. The number of hydrogen-bond donors (Lipinski definition) is 1. The maximum Gasteiger partial charge on any atom is 0.225 e. The summed E-state index contributed by atoms with van der Waals surface area (Å²) in [6.07, 6.45) is 1.77. The molecule has 94 valence electrons. The molecule has 4 nitrogen and oxygen atoms in total. The minimum Gasteiger partial charge on any atom is -0.363 e. The quantitative estimate of drug-likeness (QED) is 0.895. The van der Waals surface area contributed by atoms with Gasteiger partial charge < -0.3 is 10.2 Å². The second kappa shape index (κ2) is 5.49. The monoisotopic (exact) mass is 242 g/mol. The number of nitrogens with zero attached hydrogens (tertiary/aromatic N) is 3. The summed E-state index contributed by atoms with van der Waals surface area (Å²) < 4.78 is 0. The standard InChI is InChI=1S/C14H18N4/c1-11(12-7-5-4-6-8-12)16-14-15-10-9-13(17-14)18(2)3/h4-11H,1-3H3,(H,15,16,17). The zero-order valence-corrected chi connectivity index (χ0v) is 11.0. The van der Waals surface area contributed by atoms with Gasteiger partial charge in [0.2, 0.25) is 5.95 Å². The van der Waals surface area contributed by atoms with Gasteiger partial charge in [-0.2, -0.15) is 4.98 Å². The van der Waals surface area contributed by atoms with E-state index in [0.29, 0.717) is 5.95 Å². The molecule has 1 aromatic heterocycles. The van der Waals surface area contributed by atoms with E-state index in [0.717, 1.165) is 5.82 Å². The molecule has 1 atom stereocenters. The van der Waals surface area contributed by atoms with Gasteiger partial charge in [-0.3, -0.25) is 0 Å². The van der Waals surface area contributed by atoms with Gasteiger partial charge in [0.1, 0.15) is 5.82 Å². The Morgan fingerprint density at radius 2 is 1.83 bits per heavy atom. The van der Waals surface area contributed by atoms with E-state index in [1.54, 1.807) is 6.20 Å². The zero-order valence-electron chi connectivity index (χ0n) is 11.0. The molecule has 0 aliphatic heterocycles. The van der Waals surface area contributed by atoms with Gasteiger partial charge in [0.15, 0.2) is 0 Å². The molecule has 0 aliphatic rings. The molecule has 1 aromatic carbocycles. The van der Waals surface area contributed by atoms with Gasteiger partial charge in [-0.05, 0) is 18.6 Å². The fourth-order valence-corrected chi connectivity index (χ4v) is 1.69. The predicted octanol–water partition coefficient (Wildman–Crippen LogP) is 2.72. The Balaban J connectivity index is 2.12. The van der Waals surface area contributed by atoms with E-state index < -0.39 is 0 Å². The van der Waals surface area contributed by atoms with E-state index >= 15 is 0 Å². The Morgan fingerprint density at radius 3 is 2.50 bits per heavy atom. The molecule has 0 radical (unpaired) electrons. The first kappa shape index (κ1) is 12.4.